The molecule has 8 heteroatoms. The Morgan fingerprint density at radius 1 is 1.08 bits per heavy atom. The summed E-state index contributed by atoms with van der Waals surface area (Å²) in [5.74, 6) is 1.47. The number of hydrogen-bond donors (Lipinski definition) is 1. The number of nitrogens with one attached hydrogen (secondary N) is 1. The first kappa shape index (κ1) is 14.5. The molecule has 7 nitrogen and oxygen atoms in total. The SMILES string of the molecule is CNc1cnc(-c2noc(/C=C/c3nc4ccccc4s3)n2)cn1. The van der Waals surface area contributed by atoms with E-state index in [2.05, 4.69) is 30.4 Å². The van der Waals surface area contributed by atoms with Gasteiger partial charge in [-0.25, -0.2) is 15.0 Å². The number of fused-ring (bicyclic) bond motifs is 1. The van der Waals surface area contributed by atoms with Crippen LogP contribution in [0.25, 0.3) is 33.9 Å². The molecule has 118 valence electrons. The van der Waals surface area contributed by atoms with Crippen molar-refractivity contribution in [3.8, 4) is 11.5 Å². The molecule has 0 aliphatic heterocycles. The molecule has 1 aromatic carbocycles. The van der Waals surface area contributed by atoms with Gasteiger partial charge in [-0.3, -0.25) is 0 Å². The van der Waals surface area contributed by atoms with Crippen molar-refractivity contribution in [1.29, 1.82) is 0 Å². The molecule has 24 heavy (non-hydrogen) atoms. The molecule has 0 radical (unpaired) electrons. The van der Waals surface area contributed by atoms with E-state index >= 15 is 0 Å². The molecule has 0 unspecified atom stereocenters. The average molecular weight is 336 g/mol. The number of aromatic nitrogens is 5. The highest BCUT2D eigenvalue weighted by Crippen LogP contribution is 2.23. The summed E-state index contributed by atoms with van der Waals surface area (Å²) < 4.78 is 6.36. The zero-order valence-electron chi connectivity index (χ0n) is 12.7. The Hall–Kier alpha value is -3.13. The largest absolute Gasteiger partial charge is 0.372 e. The summed E-state index contributed by atoms with van der Waals surface area (Å²) in [6.07, 6.45) is 6.81. The Bertz CT molecular complexity index is 972. The van der Waals surface area contributed by atoms with Gasteiger partial charge in [-0.05, 0) is 18.2 Å². The van der Waals surface area contributed by atoms with Crippen LogP contribution in [0.5, 0.6) is 0 Å². The van der Waals surface area contributed by atoms with Crippen LogP contribution < -0.4 is 5.32 Å². The minimum atomic E-state index is 0.392. The molecule has 0 amide bonds. The molecule has 0 aliphatic rings. The highest BCUT2D eigenvalue weighted by molar-refractivity contribution is 7.19. The van der Waals surface area contributed by atoms with Crippen LogP contribution in [0.1, 0.15) is 10.9 Å². The first-order valence-electron chi connectivity index (χ1n) is 7.19. The third-order valence-electron chi connectivity index (χ3n) is 3.26. The van der Waals surface area contributed by atoms with Crippen LogP contribution >= 0.6 is 11.3 Å². The van der Waals surface area contributed by atoms with Gasteiger partial charge in [-0.2, -0.15) is 4.98 Å². The van der Waals surface area contributed by atoms with Gasteiger partial charge in [0.2, 0.25) is 5.82 Å². The Kier molecular flexibility index (Phi) is 3.72. The number of para-hydroxylation sites is 1. The fourth-order valence-corrected chi connectivity index (χ4v) is 2.95. The zero-order chi connectivity index (χ0) is 16.4. The molecule has 0 atom stereocenters. The minimum absolute atomic E-state index is 0.392. The van der Waals surface area contributed by atoms with E-state index in [1.807, 2.05) is 30.3 Å². The van der Waals surface area contributed by atoms with Crippen molar-refractivity contribution < 1.29 is 4.52 Å². The molecule has 4 rings (SSSR count). The molecule has 3 aromatic heterocycles. The van der Waals surface area contributed by atoms with E-state index < -0.39 is 0 Å². The quantitative estimate of drug-likeness (QED) is 0.611. The van der Waals surface area contributed by atoms with Crippen LogP contribution in [-0.2, 0) is 0 Å². The number of nitrogens with zero attached hydrogens (tertiary/aromatic N) is 5. The molecular formula is C16H12N6OS. The van der Waals surface area contributed by atoms with Crippen LogP contribution in [-0.4, -0.2) is 32.1 Å². The first-order chi connectivity index (χ1) is 11.8. The monoisotopic (exact) mass is 336 g/mol. The number of benzene rings is 1. The third-order valence-corrected chi connectivity index (χ3v) is 4.26. The lowest BCUT2D eigenvalue weighted by atomic mass is 10.3. The smallest absolute Gasteiger partial charge is 0.251 e. The minimum Gasteiger partial charge on any atom is -0.372 e. The van der Waals surface area contributed by atoms with Gasteiger partial charge >= 0.3 is 0 Å². The Labute approximate surface area is 141 Å². The summed E-state index contributed by atoms with van der Waals surface area (Å²) in [7, 11) is 1.78. The van der Waals surface area contributed by atoms with Crippen molar-refractivity contribution in [3.63, 3.8) is 0 Å². The number of hydrogen-bond acceptors (Lipinski definition) is 8. The Balaban J connectivity index is 1.55. The van der Waals surface area contributed by atoms with Crippen LogP contribution in [0.4, 0.5) is 5.82 Å². The Morgan fingerprint density at radius 2 is 2.00 bits per heavy atom. The van der Waals surface area contributed by atoms with Crippen LogP contribution in [0.2, 0.25) is 0 Å². The summed E-state index contributed by atoms with van der Waals surface area (Å²) in [5, 5.41) is 7.71. The first-order valence-corrected chi connectivity index (χ1v) is 8.01. The summed E-state index contributed by atoms with van der Waals surface area (Å²) in [6, 6.07) is 8.00. The molecule has 0 aliphatic carbocycles. The van der Waals surface area contributed by atoms with Crippen LogP contribution in [0.15, 0.2) is 41.2 Å². The van der Waals surface area contributed by atoms with E-state index in [9.17, 15) is 0 Å². The highest BCUT2D eigenvalue weighted by Gasteiger charge is 2.09. The Morgan fingerprint density at radius 3 is 2.79 bits per heavy atom. The second-order valence-electron chi connectivity index (χ2n) is 4.85. The molecule has 4 aromatic rings. The van der Waals surface area contributed by atoms with Gasteiger partial charge in [0.1, 0.15) is 16.5 Å². The topological polar surface area (TPSA) is 89.6 Å². The standard InChI is InChI=1S/C16H12N6OS/c1-17-13-9-18-11(8-19-13)16-21-14(23-22-16)6-7-15-20-10-4-2-3-5-12(10)24-15/h2-9H,1H3,(H,17,19)/b7-6+. The van der Waals surface area contributed by atoms with Gasteiger partial charge in [0.15, 0.2) is 0 Å². The molecule has 0 saturated carbocycles. The number of anilines is 1. The zero-order valence-corrected chi connectivity index (χ0v) is 13.5. The van der Waals surface area contributed by atoms with Crippen molar-refractivity contribution in [3.05, 3.63) is 47.6 Å². The van der Waals surface area contributed by atoms with Gasteiger partial charge in [-0.1, -0.05) is 17.3 Å². The molecule has 3 heterocycles. The number of rotatable bonds is 4. The van der Waals surface area contributed by atoms with Crippen LogP contribution in [0, 0.1) is 0 Å². The lowest BCUT2D eigenvalue weighted by Crippen LogP contribution is -1.94. The van der Waals surface area contributed by atoms with E-state index in [1.165, 1.54) is 0 Å². The summed E-state index contributed by atoms with van der Waals surface area (Å²) in [5.41, 5.74) is 1.53. The van der Waals surface area contributed by atoms with Crippen molar-refractivity contribution >= 4 is 39.5 Å². The fraction of sp³-hybridized carbons (Fsp3) is 0.0625. The van der Waals surface area contributed by atoms with Crippen molar-refractivity contribution in [1.82, 2.24) is 25.1 Å². The van der Waals surface area contributed by atoms with E-state index in [1.54, 1.807) is 36.9 Å². The van der Waals surface area contributed by atoms with E-state index in [0.717, 1.165) is 15.2 Å². The molecule has 0 spiro atoms. The second kappa shape index (κ2) is 6.17. The van der Waals surface area contributed by atoms with Gasteiger partial charge in [0, 0.05) is 13.1 Å². The number of thiazole rings is 1. The van der Waals surface area contributed by atoms with E-state index in [-0.39, 0.29) is 0 Å². The fourth-order valence-electron chi connectivity index (χ4n) is 2.08. The third kappa shape index (κ3) is 2.86. The lowest BCUT2D eigenvalue weighted by molar-refractivity contribution is 0.411. The van der Waals surface area contributed by atoms with Gasteiger partial charge in [-0.15, -0.1) is 11.3 Å². The molecule has 0 saturated heterocycles. The normalized spacial score (nSPS) is 11.4. The molecule has 0 bridgehead atoms. The van der Waals surface area contributed by atoms with Crippen molar-refractivity contribution in [2.75, 3.05) is 12.4 Å². The van der Waals surface area contributed by atoms with Crippen molar-refractivity contribution in [2.45, 2.75) is 0 Å². The van der Waals surface area contributed by atoms with Crippen LogP contribution in [0.3, 0.4) is 0 Å². The van der Waals surface area contributed by atoms with Gasteiger partial charge < -0.3 is 9.84 Å². The molecule has 1 N–H and O–H groups in total. The van der Waals surface area contributed by atoms with Crippen molar-refractivity contribution in [2.24, 2.45) is 0 Å². The highest BCUT2D eigenvalue weighted by atomic mass is 32.1. The summed E-state index contributed by atoms with van der Waals surface area (Å²) in [4.78, 5) is 17.2. The summed E-state index contributed by atoms with van der Waals surface area (Å²) >= 11 is 1.61. The maximum absolute atomic E-state index is 5.22. The predicted octanol–water partition coefficient (Wildman–Crippen LogP) is 3.35. The van der Waals surface area contributed by atoms with E-state index in [4.69, 9.17) is 4.52 Å². The molecule has 0 fully saturated rings. The second-order valence-corrected chi connectivity index (χ2v) is 5.91. The average Bonchev–Trinajstić information content (AvgIpc) is 3.26. The maximum atomic E-state index is 5.22. The van der Waals surface area contributed by atoms with E-state index in [0.29, 0.717) is 23.2 Å². The van der Waals surface area contributed by atoms with Gasteiger partial charge in [0.05, 0.1) is 22.6 Å². The molecular weight excluding hydrogens is 324 g/mol. The maximum Gasteiger partial charge on any atom is 0.251 e. The summed E-state index contributed by atoms with van der Waals surface area (Å²) in [6.45, 7) is 0. The predicted molar refractivity (Wildman–Crippen MR) is 93.4 cm³/mol. The lowest BCUT2D eigenvalue weighted by Gasteiger charge is -1.97. The van der Waals surface area contributed by atoms with Gasteiger partial charge in [0.25, 0.3) is 5.89 Å².